The molecule has 0 aromatic carbocycles. The Labute approximate surface area is 134 Å². The van der Waals surface area contributed by atoms with Gasteiger partial charge in [0.05, 0.1) is 0 Å². The van der Waals surface area contributed by atoms with Crippen molar-refractivity contribution in [3.63, 3.8) is 0 Å². The molecule has 19 heavy (non-hydrogen) atoms. The third kappa shape index (κ3) is 4.69. The van der Waals surface area contributed by atoms with E-state index in [0.29, 0.717) is 14.5 Å². The van der Waals surface area contributed by atoms with Crippen LogP contribution in [-0.2, 0) is 0 Å². The van der Waals surface area contributed by atoms with Gasteiger partial charge in [0.15, 0.2) is 0 Å². The first-order valence-corrected chi connectivity index (χ1v) is 7.98. The molecule has 0 radical (unpaired) electrons. The molecule has 2 rings (SSSR count). The molecule has 2 aromatic rings. The Morgan fingerprint density at radius 1 is 1.16 bits per heavy atom. The van der Waals surface area contributed by atoms with Crippen LogP contribution in [0, 0.1) is 0 Å². The zero-order valence-corrected chi connectivity index (χ0v) is 14.8. The van der Waals surface area contributed by atoms with Crippen LogP contribution in [0.1, 0.15) is 0 Å². The van der Waals surface area contributed by atoms with Crippen molar-refractivity contribution in [3.05, 3.63) is 52.3 Å². The number of nitrogens with zero attached hydrogens (tertiary/aromatic N) is 3. The monoisotopic (exact) mass is 407 g/mol. The molecular weight excluding hydrogens is 392 g/mol. The van der Waals surface area contributed by atoms with Crippen LogP contribution in [0.4, 0.5) is 10.4 Å². The van der Waals surface area contributed by atoms with Gasteiger partial charge in [0.2, 0.25) is 0 Å². The fourth-order valence-electron chi connectivity index (χ4n) is 1.39. The fourth-order valence-corrected chi connectivity index (χ4v) is 3.91. The molecule has 0 bridgehead atoms. The van der Waals surface area contributed by atoms with E-state index in [1.54, 1.807) is 0 Å². The maximum Gasteiger partial charge on any atom is -0.147 e. The van der Waals surface area contributed by atoms with Crippen LogP contribution in [0.5, 0.6) is 0 Å². The molecule has 6 heteroatoms. The molecule has 102 valence electrons. The van der Waals surface area contributed by atoms with Gasteiger partial charge in [0.25, 0.3) is 0 Å². The molecule has 0 spiro atoms. The van der Waals surface area contributed by atoms with Gasteiger partial charge in [-0.25, -0.2) is 0 Å². The maximum absolute atomic E-state index is 4.41. The fraction of sp³-hybridized carbons (Fsp3) is 0.154. The first kappa shape index (κ1) is 16.3. The Balaban J connectivity index is 0.00000180. The Morgan fingerprint density at radius 3 is 2.47 bits per heavy atom. The van der Waals surface area contributed by atoms with Crippen molar-refractivity contribution in [2.45, 2.75) is 0 Å². The summed E-state index contributed by atoms with van der Waals surface area (Å²) >= 11 is 3.87. The first-order valence-electron chi connectivity index (χ1n) is 5.47. The topological polar surface area (TPSA) is 19.4 Å². The molecule has 0 aliphatic rings. The van der Waals surface area contributed by atoms with E-state index in [-0.39, 0.29) is 12.4 Å². The van der Waals surface area contributed by atoms with Gasteiger partial charge in [-0.3, -0.25) is 0 Å². The van der Waals surface area contributed by atoms with E-state index in [1.807, 2.05) is 49.6 Å². The minimum absolute atomic E-state index is 0. The molecule has 0 aliphatic heterocycles. The van der Waals surface area contributed by atoms with Gasteiger partial charge < -0.3 is 0 Å². The van der Waals surface area contributed by atoms with E-state index < -0.39 is 0 Å². The summed E-state index contributed by atoms with van der Waals surface area (Å²) < 4.78 is 2.52. The SMILES string of the molecule is CN(C)/C=C/N(c1ccccn1)c1ccc(Br)[se]1.Cl. The Kier molecular flexibility index (Phi) is 6.66. The number of halogens is 2. The second-order valence-corrected chi connectivity index (χ2v) is 8.16. The van der Waals surface area contributed by atoms with E-state index in [0.717, 1.165) is 5.82 Å². The van der Waals surface area contributed by atoms with Crippen LogP contribution < -0.4 is 4.90 Å². The molecular formula is C13H15BrClN3Se. The minimum Gasteiger partial charge on any atom is -0.147 e. The van der Waals surface area contributed by atoms with Gasteiger partial charge >= 0.3 is 122 Å². The largest absolute Gasteiger partial charge is 0.147 e. The molecule has 0 aliphatic carbocycles. The quantitative estimate of drug-likeness (QED) is 0.723. The maximum atomic E-state index is 4.41. The van der Waals surface area contributed by atoms with E-state index in [1.165, 1.54) is 7.91 Å². The molecule has 0 atom stereocenters. The molecule has 2 heterocycles. The molecule has 3 nitrogen and oxygen atoms in total. The minimum atomic E-state index is 0. The predicted molar refractivity (Wildman–Crippen MR) is 87.5 cm³/mol. The summed E-state index contributed by atoms with van der Waals surface area (Å²) in [4.78, 5) is 8.56. The van der Waals surface area contributed by atoms with E-state index in [4.69, 9.17) is 0 Å². The van der Waals surface area contributed by atoms with Crippen LogP contribution in [0.2, 0.25) is 0 Å². The summed E-state index contributed by atoms with van der Waals surface area (Å²) in [5, 5.41) is 0. The normalized spacial score (nSPS) is 10.3. The number of anilines is 2. The third-order valence-corrected chi connectivity index (χ3v) is 5.14. The van der Waals surface area contributed by atoms with Gasteiger partial charge in [-0.1, -0.05) is 0 Å². The van der Waals surface area contributed by atoms with Crippen molar-refractivity contribution < 1.29 is 0 Å². The van der Waals surface area contributed by atoms with E-state index in [9.17, 15) is 0 Å². The van der Waals surface area contributed by atoms with Crippen molar-refractivity contribution >= 4 is 53.2 Å². The molecule has 0 amide bonds. The van der Waals surface area contributed by atoms with Crippen LogP contribution in [0.15, 0.2) is 52.3 Å². The van der Waals surface area contributed by atoms with Gasteiger partial charge in [-0.05, 0) is 0 Å². The van der Waals surface area contributed by atoms with Crippen molar-refractivity contribution in [3.8, 4) is 0 Å². The van der Waals surface area contributed by atoms with Crippen molar-refractivity contribution in [2.24, 2.45) is 0 Å². The molecule has 0 N–H and O–H groups in total. The summed E-state index contributed by atoms with van der Waals surface area (Å²) in [5.74, 6) is 0.944. The van der Waals surface area contributed by atoms with E-state index in [2.05, 4.69) is 44.1 Å². The average molecular weight is 408 g/mol. The van der Waals surface area contributed by atoms with Crippen molar-refractivity contribution in [1.82, 2.24) is 9.88 Å². The summed E-state index contributed by atoms with van der Waals surface area (Å²) in [6.07, 6.45) is 5.89. The molecule has 0 saturated heterocycles. The molecule has 2 aromatic heterocycles. The zero-order chi connectivity index (χ0) is 13.0. The van der Waals surface area contributed by atoms with E-state index >= 15 is 0 Å². The smallest absolute Gasteiger partial charge is 0.147 e. The van der Waals surface area contributed by atoms with Gasteiger partial charge in [-0.15, -0.1) is 12.4 Å². The Morgan fingerprint density at radius 2 is 1.95 bits per heavy atom. The number of pyridine rings is 1. The van der Waals surface area contributed by atoms with Crippen molar-refractivity contribution in [1.29, 1.82) is 0 Å². The predicted octanol–water partition coefficient (Wildman–Crippen LogP) is 3.49. The summed E-state index contributed by atoms with van der Waals surface area (Å²) in [6.45, 7) is 0. The second kappa shape index (κ2) is 7.75. The molecule has 0 fully saturated rings. The number of hydrogen-bond donors (Lipinski definition) is 0. The van der Waals surface area contributed by atoms with Crippen LogP contribution in [-0.4, -0.2) is 38.5 Å². The zero-order valence-electron chi connectivity index (χ0n) is 10.7. The molecule has 0 unspecified atom stereocenters. The van der Waals surface area contributed by atoms with Gasteiger partial charge in [0, 0.05) is 0 Å². The first-order chi connectivity index (χ1) is 8.66. The summed E-state index contributed by atoms with van der Waals surface area (Å²) in [7, 11) is 4.02. The summed E-state index contributed by atoms with van der Waals surface area (Å²) in [6, 6.07) is 10.2. The van der Waals surface area contributed by atoms with Crippen LogP contribution in [0.3, 0.4) is 0 Å². The standard InChI is InChI=1S/C13H14BrN3Se.ClH/c1-16(2)9-10-17(12-5-3-4-8-15-12)13-7-6-11(14)18-13;/h3-10H,1-2H3;1H/b10-9+;. The number of hydrogen-bond acceptors (Lipinski definition) is 3. The molecule has 0 saturated carbocycles. The van der Waals surface area contributed by atoms with Crippen LogP contribution in [0.25, 0.3) is 0 Å². The number of aromatic nitrogens is 1. The van der Waals surface area contributed by atoms with Crippen LogP contribution >= 0.6 is 28.3 Å². The van der Waals surface area contributed by atoms with Crippen molar-refractivity contribution in [2.75, 3.05) is 19.0 Å². The van der Waals surface area contributed by atoms with Gasteiger partial charge in [0.1, 0.15) is 0 Å². The second-order valence-electron chi connectivity index (χ2n) is 3.90. The Hall–Kier alpha value is -0.741. The Bertz CT molecular complexity index is 528. The number of rotatable bonds is 4. The van der Waals surface area contributed by atoms with Gasteiger partial charge in [-0.2, -0.15) is 0 Å². The summed E-state index contributed by atoms with van der Waals surface area (Å²) in [5.41, 5.74) is 0. The third-order valence-electron chi connectivity index (χ3n) is 2.21. The average Bonchev–Trinajstić information content (AvgIpc) is 2.77.